The van der Waals surface area contributed by atoms with Gasteiger partial charge in [0.25, 0.3) is 5.91 Å². The molecule has 2 aromatic rings. The first-order chi connectivity index (χ1) is 12.1. The Balaban J connectivity index is 1.82. The Kier molecular flexibility index (Phi) is 4.84. The number of benzene rings is 2. The summed E-state index contributed by atoms with van der Waals surface area (Å²) in [6.07, 6.45) is 1.65. The highest BCUT2D eigenvalue weighted by molar-refractivity contribution is 6.14. The number of amides is 3. The molecule has 1 fully saturated rings. The predicted molar refractivity (Wildman–Crippen MR) is 95.8 cm³/mol. The van der Waals surface area contributed by atoms with Crippen molar-refractivity contribution >= 4 is 18.0 Å². The van der Waals surface area contributed by atoms with Crippen LogP contribution in [0.2, 0.25) is 0 Å². The van der Waals surface area contributed by atoms with Gasteiger partial charge in [0.15, 0.2) is 0 Å². The molecular formula is C20H20N2O3. The minimum absolute atomic E-state index is 0.245. The maximum atomic E-state index is 12.6. The molecule has 3 rings (SSSR count). The summed E-state index contributed by atoms with van der Waals surface area (Å²) in [5, 5.41) is 2.65. The lowest BCUT2D eigenvalue weighted by molar-refractivity contribution is -0.123. The van der Waals surface area contributed by atoms with Crippen molar-refractivity contribution in [3.8, 4) is 5.75 Å². The molecule has 5 heteroatoms. The molecule has 1 N–H and O–H groups in total. The van der Waals surface area contributed by atoms with Gasteiger partial charge < -0.3 is 10.1 Å². The van der Waals surface area contributed by atoms with Crippen LogP contribution in [0.3, 0.4) is 0 Å². The minimum atomic E-state index is -0.411. The van der Waals surface area contributed by atoms with Gasteiger partial charge in [-0.3, -0.25) is 9.69 Å². The first-order valence-corrected chi connectivity index (χ1v) is 8.20. The lowest BCUT2D eigenvalue weighted by atomic mass is 10.1. The van der Waals surface area contributed by atoms with Crippen LogP contribution in [0.15, 0.2) is 54.2 Å². The van der Waals surface area contributed by atoms with E-state index in [0.717, 1.165) is 16.7 Å². The van der Waals surface area contributed by atoms with E-state index in [4.69, 9.17) is 4.74 Å². The number of hydrogen-bond donors (Lipinski definition) is 1. The van der Waals surface area contributed by atoms with Crippen molar-refractivity contribution < 1.29 is 14.3 Å². The molecule has 128 valence electrons. The highest BCUT2D eigenvalue weighted by Gasteiger charge is 2.33. The quantitative estimate of drug-likeness (QED) is 0.672. The van der Waals surface area contributed by atoms with Crippen LogP contribution in [0.1, 0.15) is 23.6 Å². The number of nitrogens with zero attached hydrogens (tertiary/aromatic N) is 1. The Bertz CT molecular complexity index is 825. The van der Waals surface area contributed by atoms with E-state index in [2.05, 4.69) is 5.32 Å². The van der Waals surface area contributed by atoms with E-state index in [1.165, 1.54) is 4.90 Å². The Labute approximate surface area is 146 Å². The van der Waals surface area contributed by atoms with Crippen LogP contribution in [0.25, 0.3) is 6.08 Å². The third kappa shape index (κ3) is 3.71. The summed E-state index contributed by atoms with van der Waals surface area (Å²) in [6.45, 7) is 4.67. The molecule has 0 bridgehead atoms. The van der Waals surface area contributed by atoms with Crippen molar-refractivity contribution in [3.63, 3.8) is 0 Å². The van der Waals surface area contributed by atoms with Crippen molar-refractivity contribution in [3.05, 3.63) is 70.9 Å². The zero-order valence-electron chi connectivity index (χ0n) is 14.3. The number of rotatable bonds is 5. The summed E-state index contributed by atoms with van der Waals surface area (Å²) in [5.74, 6) is 0.341. The highest BCUT2D eigenvalue weighted by atomic mass is 16.5. The van der Waals surface area contributed by atoms with Crippen molar-refractivity contribution in [2.24, 2.45) is 0 Å². The minimum Gasteiger partial charge on any atom is -0.493 e. The predicted octanol–water partition coefficient (Wildman–Crippen LogP) is 3.49. The summed E-state index contributed by atoms with van der Waals surface area (Å²) < 4.78 is 5.56. The van der Waals surface area contributed by atoms with E-state index in [1.54, 1.807) is 6.08 Å². The van der Waals surface area contributed by atoms with E-state index in [1.807, 2.05) is 62.4 Å². The van der Waals surface area contributed by atoms with Crippen LogP contribution >= 0.6 is 0 Å². The SMILES string of the molecule is CCOc1ccccc1/C=C1/NC(=O)N(Cc2ccc(C)cc2)C1=O. The molecule has 0 aliphatic carbocycles. The largest absolute Gasteiger partial charge is 0.493 e. The number of hydrogen-bond acceptors (Lipinski definition) is 3. The summed E-state index contributed by atoms with van der Waals surface area (Å²) in [7, 11) is 0. The molecule has 1 aliphatic rings. The van der Waals surface area contributed by atoms with Crippen molar-refractivity contribution in [2.75, 3.05) is 6.61 Å². The molecule has 25 heavy (non-hydrogen) atoms. The van der Waals surface area contributed by atoms with E-state index >= 15 is 0 Å². The molecule has 0 radical (unpaired) electrons. The number of nitrogens with one attached hydrogen (secondary N) is 1. The molecule has 0 aromatic heterocycles. The summed E-state index contributed by atoms with van der Waals surface area (Å²) in [4.78, 5) is 26.0. The lowest BCUT2D eigenvalue weighted by Gasteiger charge is -2.12. The van der Waals surface area contributed by atoms with Gasteiger partial charge in [0.1, 0.15) is 11.4 Å². The monoisotopic (exact) mass is 336 g/mol. The third-order valence-corrected chi connectivity index (χ3v) is 3.94. The van der Waals surface area contributed by atoms with Gasteiger partial charge in [-0.25, -0.2) is 4.79 Å². The first-order valence-electron chi connectivity index (χ1n) is 8.20. The topological polar surface area (TPSA) is 58.6 Å². The van der Waals surface area contributed by atoms with E-state index in [0.29, 0.717) is 12.4 Å². The maximum Gasteiger partial charge on any atom is 0.329 e. The first kappa shape index (κ1) is 16.8. The fourth-order valence-corrected chi connectivity index (χ4v) is 2.63. The van der Waals surface area contributed by atoms with E-state index in [9.17, 15) is 9.59 Å². The van der Waals surface area contributed by atoms with Gasteiger partial charge in [-0.05, 0) is 31.6 Å². The number of para-hydroxylation sites is 1. The van der Waals surface area contributed by atoms with Gasteiger partial charge in [-0.15, -0.1) is 0 Å². The smallest absolute Gasteiger partial charge is 0.329 e. The molecule has 0 saturated carbocycles. The molecule has 0 atom stereocenters. The van der Waals surface area contributed by atoms with Gasteiger partial charge in [0, 0.05) is 5.56 Å². The van der Waals surface area contributed by atoms with Gasteiger partial charge >= 0.3 is 6.03 Å². The Morgan fingerprint density at radius 1 is 1.08 bits per heavy atom. The number of urea groups is 1. The molecule has 2 aromatic carbocycles. The van der Waals surface area contributed by atoms with Crippen LogP contribution in [0.4, 0.5) is 4.79 Å². The van der Waals surface area contributed by atoms with Gasteiger partial charge in [-0.1, -0.05) is 48.0 Å². The van der Waals surface area contributed by atoms with Crippen LogP contribution in [0, 0.1) is 6.92 Å². The molecule has 1 heterocycles. The zero-order chi connectivity index (χ0) is 17.8. The molecule has 1 saturated heterocycles. The lowest BCUT2D eigenvalue weighted by Crippen LogP contribution is -2.30. The van der Waals surface area contributed by atoms with Crippen LogP contribution in [-0.4, -0.2) is 23.4 Å². The van der Waals surface area contributed by atoms with Crippen molar-refractivity contribution in [2.45, 2.75) is 20.4 Å². The second kappa shape index (κ2) is 7.21. The van der Waals surface area contributed by atoms with Gasteiger partial charge in [0.05, 0.1) is 13.2 Å². The molecule has 0 unspecified atom stereocenters. The number of carbonyl (C=O) groups is 2. The van der Waals surface area contributed by atoms with Gasteiger partial charge in [0.2, 0.25) is 0 Å². The molecule has 5 nitrogen and oxygen atoms in total. The normalized spacial score (nSPS) is 15.6. The fourth-order valence-electron chi connectivity index (χ4n) is 2.63. The average Bonchev–Trinajstić information content (AvgIpc) is 2.86. The number of carbonyl (C=O) groups excluding carboxylic acids is 2. The maximum absolute atomic E-state index is 12.6. The number of ether oxygens (including phenoxy) is 1. The Hall–Kier alpha value is -3.08. The third-order valence-electron chi connectivity index (χ3n) is 3.94. The van der Waals surface area contributed by atoms with Crippen LogP contribution < -0.4 is 10.1 Å². The van der Waals surface area contributed by atoms with E-state index in [-0.39, 0.29) is 18.1 Å². The molecule has 3 amide bonds. The second-order valence-electron chi connectivity index (χ2n) is 5.84. The summed E-state index contributed by atoms with van der Waals surface area (Å²) >= 11 is 0. The molecule has 1 aliphatic heterocycles. The van der Waals surface area contributed by atoms with Crippen molar-refractivity contribution in [1.29, 1.82) is 0 Å². The van der Waals surface area contributed by atoms with E-state index < -0.39 is 6.03 Å². The Morgan fingerprint density at radius 3 is 2.52 bits per heavy atom. The molecule has 0 spiro atoms. The number of imide groups is 1. The number of aryl methyl sites for hydroxylation is 1. The highest BCUT2D eigenvalue weighted by Crippen LogP contribution is 2.23. The standard InChI is InChI=1S/C20H20N2O3/c1-3-25-18-7-5-4-6-16(18)12-17-19(23)22(20(24)21-17)13-15-10-8-14(2)9-11-15/h4-12H,3,13H2,1-2H3,(H,21,24)/b17-12+. The van der Waals surface area contributed by atoms with Crippen LogP contribution in [0.5, 0.6) is 5.75 Å². The summed E-state index contributed by atoms with van der Waals surface area (Å²) in [5.41, 5.74) is 3.05. The summed E-state index contributed by atoms with van der Waals surface area (Å²) in [6, 6.07) is 14.8. The second-order valence-corrected chi connectivity index (χ2v) is 5.84. The zero-order valence-corrected chi connectivity index (χ0v) is 14.3. The van der Waals surface area contributed by atoms with Gasteiger partial charge in [-0.2, -0.15) is 0 Å². The fraction of sp³-hybridized carbons (Fsp3) is 0.200. The van der Waals surface area contributed by atoms with Crippen molar-refractivity contribution in [1.82, 2.24) is 10.2 Å². The Morgan fingerprint density at radius 2 is 1.80 bits per heavy atom. The average molecular weight is 336 g/mol. The van der Waals surface area contributed by atoms with Crippen LogP contribution in [-0.2, 0) is 11.3 Å². The molecular weight excluding hydrogens is 316 g/mol.